The molecule has 4 rings (SSSR count). The van der Waals surface area contributed by atoms with Crippen LogP contribution in [-0.2, 0) is 21.7 Å². The van der Waals surface area contributed by atoms with Crippen LogP contribution >= 0.6 is 45.2 Å². The minimum Gasteiger partial charge on any atom is -0.396 e. The molecular formula is C21H21I2NO3. The minimum absolute atomic E-state index is 0.0194. The third kappa shape index (κ3) is 3.32. The molecule has 1 saturated heterocycles. The number of aliphatic hydroxyl groups excluding tert-OH is 1. The van der Waals surface area contributed by atoms with Crippen LogP contribution in [0.4, 0.5) is 5.69 Å². The van der Waals surface area contributed by atoms with Crippen LogP contribution in [0.15, 0.2) is 42.5 Å². The van der Waals surface area contributed by atoms with Gasteiger partial charge in [-0.2, -0.15) is 0 Å². The van der Waals surface area contributed by atoms with Crippen molar-refractivity contribution < 1.29 is 14.6 Å². The number of amides is 1. The molecule has 27 heavy (non-hydrogen) atoms. The molecule has 2 aliphatic heterocycles. The number of halogens is 2. The number of fused-ring (bicyclic) bond motifs is 2. The Morgan fingerprint density at radius 1 is 1.19 bits per heavy atom. The number of aliphatic hydroxyl groups is 1. The topological polar surface area (TPSA) is 49.8 Å². The van der Waals surface area contributed by atoms with Crippen molar-refractivity contribution >= 4 is 56.8 Å². The molecule has 0 radical (unpaired) electrons. The molecule has 4 nitrogen and oxygen atoms in total. The van der Waals surface area contributed by atoms with Gasteiger partial charge in [0.1, 0.15) is 0 Å². The number of benzene rings is 2. The van der Waals surface area contributed by atoms with Crippen LogP contribution in [0.1, 0.15) is 30.9 Å². The number of ether oxygens (including phenoxy) is 1. The van der Waals surface area contributed by atoms with Crippen molar-refractivity contribution in [2.45, 2.75) is 38.0 Å². The second-order valence-electron chi connectivity index (χ2n) is 7.30. The maximum Gasteiger partial charge on any atom is 0.264 e. The molecule has 0 unspecified atom stereocenters. The highest BCUT2D eigenvalue weighted by molar-refractivity contribution is 14.1. The molecule has 1 spiro atoms. The van der Waals surface area contributed by atoms with E-state index in [0.717, 1.165) is 26.8 Å². The monoisotopic (exact) mass is 589 g/mol. The zero-order valence-electron chi connectivity index (χ0n) is 15.0. The van der Waals surface area contributed by atoms with Gasteiger partial charge in [0.2, 0.25) is 0 Å². The Hall–Kier alpha value is -0.710. The molecule has 1 amide bonds. The molecule has 1 fully saturated rings. The summed E-state index contributed by atoms with van der Waals surface area (Å²) in [5.41, 5.74) is 2.08. The Morgan fingerprint density at radius 2 is 1.89 bits per heavy atom. The number of carbonyl (C=O) groups is 1. The van der Waals surface area contributed by atoms with Gasteiger partial charge < -0.3 is 14.7 Å². The van der Waals surface area contributed by atoms with Crippen LogP contribution in [0.3, 0.4) is 0 Å². The van der Waals surface area contributed by atoms with Gasteiger partial charge in [0.05, 0.1) is 18.3 Å². The third-order valence-electron chi connectivity index (χ3n) is 5.58. The van der Waals surface area contributed by atoms with E-state index in [4.69, 9.17) is 4.74 Å². The van der Waals surface area contributed by atoms with Gasteiger partial charge in [-0.25, -0.2) is 0 Å². The molecule has 2 heterocycles. The van der Waals surface area contributed by atoms with Gasteiger partial charge in [-0.1, -0.05) is 19.1 Å². The van der Waals surface area contributed by atoms with E-state index in [1.54, 1.807) is 0 Å². The summed E-state index contributed by atoms with van der Waals surface area (Å²) in [5, 5.41) is 9.34. The fourth-order valence-corrected chi connectivity index (χ4v) is 5.14. The maximum absolute atomic E-state index is 13.7. The van der Waals surface area contributed by atoms with E-state index in [1.165, 1.54) is 3.57 Å². The number of nitrogens with zero attached hydrogens (tertiary/aromatic N) is 1. The molecule has 142 valence electrons. The van der Waals surface area contributed by atoms with Crippen molar-refractivity contribution in [2.75, 3.05) is 11.5 Å². The SMILES string of the molecule is C[C@@H]1C[C@H](CCO)O[C@@]12C(=O)N(Cc1ccc(I)cc1)c1ccc(I)cc12. The van der Waals surface area contributed by atoms with Crippen molar-refractivity contribution in [2.24, 2.45) is 5.92 Å². The first-order valence-corrected chi connectivity index (χ1v) is 11.3. The van der Waals surface area contributed by atoms with Crippen LogP contribution in [0.25, 0.3) is 0 Å². The quantitative estimate of drug-likeness (QED) is 0.537. The summed E-state index contributed by atoms with van der Waals surface area (Å²) in [5.74, 6) is 0.0891. The summed E-state index contributed by atoms with van der Waals surface area (Å²) in [6.07, 6.45) is 1.27. The van der Waals surface area contributed by atoms with Gasteiger partial charge in [-0.05, 0) is 93.9 Å². The van der Waals surface area contributed by atoms with E-state index >= 15 is 0 Å². The summed E-state index contributed by atoms with van der Waals surface area (Å²) < 4.78 is 8.66. The van der Waals surface area contributed by atoms with E-state index in [0.29, 0.717) is 13.0 Å². The second-order valence-corrected chi connectivity index (χ2v) is 9.80. The highest BCUT2D eigenvalue weighted by Gasteiger charge is 2.59. The molecule has 6 heteroatoms. The highest BCUT2D eigenvalue weighted by atomic mass is 127. The van der Waals surface area contributed by atoms with Crippen LogP contribution in [0.5, 0.6) is 0 Å². The molecular weight excluding hydrogens is 568 g/mol. The standard InChI is InChI=1S/C21H21I2NO3/c1-13-10-17(8-9-25)27-21(13)18-11-16(23)6-7-19(18)24(20(21)26)12-14-2-4-15(22)5-3-14/h2-7,11,13,17,25H,8-10,12H2,1H3/t13-,17+,21+/m1/s1. The number of hydrogen-bond acceptors (Lipinski definition) is 3. The second kappa shape index (κ2) is 7.61. The van der Waals surface area contributed by atoms with E-state index in [2.05, 4.69) is 82.4 Å². The van der Waals surface area contributed by atoms with Crippen LogP contribution in [0.2, 0.25) is 0 Å². The van der Waals surface area contributed by atoms with Gasteiger partial charge in [0, 0.05) is 25.2 Å². The molecule has 2 aromatic rings. The average molecular weight is 589 g/mol. The van der Waals surface area contributed by atoms with E-state index in [9.17, 15) is 9.90 Å². The first-order chi connectivity index (χ1) is 13.0. The van der Waals surface area contributed by atoms with Crippen molar-refractivity contribution in [1.29, 1.82) is 0 Å². The van der Waals surface area contributed by atoms with Gasteiger partial charge >= 0.3 is 0 Å². The Labute approximate surface area is 186 Å². The molecule has 0 saturated carbocycles. The lowest BCUT2D eigenvalue weighted by Crippen LogP contribution is -2.43. The Kier molecular flexibility index (Phi) is 5.52. The molecule has 0 bridgehead atoms. The molecule has 0 aliphatic carbocycles. The van der Waals surface area contributed by atoms with Crippen LogP contribution in [-0.4, -0.2) is 23.7 Å². The highest BCUT2D eigenvalue weighted by Crippen LogP contribution is 2.54. The lowest BCUT2D eigenvalue weighted by atomic mass is 9.83. The molecule has 2 aliphatic rings. The van der Waals surface area contributed by atoms with E-state index in [1.807, 2.05) is 17.0 Å². The van der Waals surface area contributed by atoms with Gasteiger partial charge in [-0.15, -0.1) is 0 Å². The predicted octanol–water partition coefficient (Wildman–Crippen LogP) is 4.45. The third-order valence-corrected chi connectivity index (χ3v) is 6.97. The van der Waals surface area contributed by atoms with Gasteiger partial charge in [0.15, 0.2) is 5.60 Å². The molecule has 3 atom stereocenters. The van der Waals surface area contributed by atoms with Crippen molar-refractivity contribution in [3.63, 3.8) is 0 Å². The Bertz CT molecular complexity index is 870. The number of anilines is 1. The van der Waals surface area contributed by atoms with Crippen molar-refractivity contribution in [3.8, 4) is 0 Å². The zero-order chi connectivity index (χ0) is 19.2. The van der Waals surface area contributed by atoms with E-state index < -0.39 is 5.60 Å². The zero-order valence-corrected chi connectivity index (χ0v) is 19.3. The summed E-state index contributed by atoms with van der Waals surface area (Å²) >= 11 is 4.57. The predicted molar refractivity (Wildman–Crippen MR) is 122 cm³/mol. The lowest BCUT2D eigenvalue weighted by molar-refractivity contribution is -0.146. The molecule has 1 N–H and O–H groups in total. The summed E-state index contributed by atoms with van der Waals surface area (Å²) in [6.45, 7) is 2.70. The largest absolute Gasteiger partial charge is 0.396 e. The fourth-order valence-electron chi connectivity index (χ4n) is 4.29. The lowest BCUT2D eigenvalue weighted by Gasteiger charge is -2.28. The molecule has 0 aromatic heterocycles. The maximum atomic E-state index is 13.7. The summed E-state index contributed by atoms with van der Waals surface area (Å²) in [6, 6.07) is 14.4. The average Bonchev–Trinajstić information content (AvgIpc) is 3.08. The minimum atomic E-state index is -0.931. The van der Waals surface area contributed by atoms with Gasteiger partial charge in [0.25, 0.3) is 5.91 Å². The smallest absolute Gasteiger partial charge is 0.264 e. The van der Waals surface area contributed by atoms with E-state index in [-0.39, 0.29) is 24.5 Å². The van der Waals surface area contributed by atoms with Crippen molar-refractivity contribution in [1.82, 2.24) is 0 Å². The number of hydrogen-bond donors (Lipinski definition) is 1. The Morgan fingerprint density at radius 3 is 2.59 bits per heavy atom. The fraction of sp³-hybridized carbons (Fsp3) is 0.381. The number of carbonyl (C=O) groups excluding carboxylic acids is 1. The van der Waals surface area contributed by atoms with Crippen molar-refractivity contribution in [3.05, 3.63) is 60.7 Å². The number of rotatable bonds is 4. The molecule has 2 aromatic carbocycles. The first-order valence-electron chi connectivity index (χ1n) is 9.11. The Balaban J connectivity index is 1.76. The van der Waals surface area contributed by atoms with Crippen LogP contribution < -0.4 is 4.90 Å². The summed E-state index contributed by atoms with van der Waals surface area (Å²) in [4.78, 5) is 15.5. The van der Waals surface area contributed by atoms with Gasteiger partial charge in [-0.3, -0.25) is 4.79 Å². The normalized spacial score (nSPS) is 26.8. The summed E-state index contributed by atoms with van der Waals surface area (Å²) in [7, 11) is 0. The van der Waals surface area contributed by atoms with Crippen LogP contribution in [0, 0.1) is 13.1 Å². The first kappa shape index (κ1) is 19.6.